The summed E-state index contributed by atoms with van der Waals surface area (Å²) in [7, 11) is 0. The molecule has 0 bridgehead atoms. The molecular weight excluding hydrogens is 84.1 g/mol. The molecule has 0 rings (SSSR count). The lowest BCUT2D eigenvalue weighted by atomic mass is 10.1. The van der Waals surface area contributed by atoms with Crippen molar-refractivity contribution in [1.82, 2.24) is 0 Å². The summed E-state index contributed by atoms with van der Waals surface area (Å²) in [6.45, 7) is 8.20. The summed E-state index contributed by atoms with van der Waals surface area (Å²) in [6.07, 6.45) is 3.59. The van der Waals surface area contributed by atoms with E-state index in [9.17, 15) is 0 Å². The zero-order chi connectivity index (χ0) is 5.70. The van der Waals surface area contributed by atoms with Crippen LogP contribution >= 0.6 is 0 Å². The molecule has 0 atom stereocenters. The molecule has 0 aliphatic rings. The summed E-state index contributed by atoms with van der Waals surface area (Å²) in [5.41, 5.74) is 1.38. The van der Waals surface area contributed by atoms with Crippen molar-refractivity contribution in [2.24, 2.45) is 0 Å². The third kappa shape index (κ3) is 3.57. The van der Waals surface area contributed by atoms with Crippen molar-refractivity contribution in [3.05, 3.63) is 12.2 Å². The molecule has 0 aromatic rings. The van der Waals surface area contributed by atoms with Crippen molar-refractivity contribution in [3.63, 3.8) is 0 Å². The fourth-order valence-corrected chi connectivity index (χ4v) is 0.530. The predicted molar refractivity (Wildman–Crippen MR) is 34.3 cm³/mol. The first-order valence-corrected chi connectivity index (χ1v) is 2.97. The Labute approximate surface area is 46.2 Å². The van der Waals surface area contributed by atoms with Crippen LogP contribution in [-0.4, -0.2) is 0 Å². The molecule has 7 heavy (non-hydrogen) atoms. The van der Waals surface area contributed by atoms with E-state index in [1.807, 2.05) is 0 Å². The van der Waals surface area contributed by atoms with Crippen LogP contribution in [-0.2, 0) is 0 Å². The second-order valence-electron chi connectivity index (χ2n) is 1.85. The topological polar surface area (TPSA) is 0 Å². The SMILES string of the molecule is C=C(CC)CCC. The molecule has 0 aromatic heterocycles. The second kappa shape index (κ2) is 3.91. The zero-order valence-electron chi connectivity index (χ0n) is 5.33. The molecule has 0 amide bonds. The van der Waals surface area contributed by atoms with Crippen molar-refractivity contribution >= 4 is 0 Å². The van der Waals surface area contributed by atoms with E-state index in [0.717, 1.165) is 6.42 Å². The average molecular weight is 98.2 g/mol. The van der Waals surface area contributed by atoms with Crippen LogP contribution in [0.15, 0.2) is 12.2 Å². The van der Waals surface area contributed by atoms with Crippen LogP contribution < -0.4 is 0 Å². The Bertz CT molecular complexity index is 53.1. The summed E-state index contributed by atoms with van der Waals surface area (Å²) >= 11 is 0. The summed E-state index contributed by atoms with van der Waals surface area (Å²) in [6, 6.07) is 0. The lowest BCUT2D eigenvalue weighted by Crippen LogP contribution is -1.73. The molecule has 0 N–H and O–H groups in total. The molecule has 0 saturated heterocycles. The molecule has 0 aromatic carbocycles. The molecule has 0 nitrogen and oxygen atoms in total. The lowest BCUT2D eigenvalue weighted by Gasteiger charge is -1.94. The van der Waals surface area contributed by atoms with Gasteiger partial charge in [-0.2, -0.15) is 0 Å². The fourth-order valence-electron chi connectivity index (χ4n) is 0.530. The number of rotatable bonds is 3. The maximum Gasteiger partial charge on any atom is -0.0326 e. The van der Waals surface area contributed by atoms with Crippen molar-refractivity contribution in [3.8, 4) is 0 Å². The van der Waals surface area contributed by atoms with Gasteiger partial charge in [0.15, 0.2) is 0 Å². The van der Waals surface area contributed by atoms with Crippen molar-refractivity contribution < 1.29 is 0 Å². The molecule has 0 radical (unpaired) electrons. The van der Waals surface area contributed by atoms with Crippen LogP contribution in [0.4, 0.5) is 0 Å². The Hall–Kier alpha value is -0.260. The van der Waals surface area contributed by atoms with Crippen molar-refractivity contribution in [2.75, 3.05) is 0 Å². The minimum Gasteiger partial charge on any atom is -0.0999 e. The van der Waals surface area contributed by atoms with Gasteiger partial charge in [0.05, 0.1) is 0 Å². The minimum absolute atomic E-state index is 1.15. The van der Waals surface area contributed by atoms with Gasteiger partial charge in [0, 0.05) is 0 Å². The van der Waals surface area contributed by atoms with E-state index in [1.54, 1.807) is 0 Å². The number of hydrogen-bond acceptors (Lipinski definition) is 0. The summed E-state index contributed by atoms with van der Waals surface area (Å²) < 4.78 is 0. The van der Waals surface area contributed by atoms with Gasteiger partial charge in [-0.1, -0.05) is 32.4 Å². The van der Waals surface area contributed by atoms with Gasteiger partial charge in [-0.25, -0.2) is 0 Å². The molecule has 0 heterocycles. The first-order chi connectivity index (χ1) is 3.31. The van der Waals surface area contributed by atoms with E-state index >= 15 is 0 Å². The number of allylic oxidation sites excluding steroid dienone is 1. The molecule has 0 aliphatic carbocycles. The third-order valence-electron chi connectivity index (χ3n) is 1.10. The van der Waals surface area contributed by atoms with Gasteiger partial charge >= 0.3 is 0 Å². The third-order valence-corrected chi connectivity index (χ3v) is 1.10. The zero-order valence-corrected chi connectivity index (χ0v) is 5.33. The van der Waals surface area contributed by atoms with Crippen LogP contribution in [0.25, 0.3) is 0 Å². The standard InChI is InChI=1S/C7H14/c1-4-6-7(3)5-2/h3-6H2,1-2H3. The molecule has 0 aliphatic heterocycles. The Morgan fingerprint density at radius 3 is 2.14 bits per heavy atom. The fraction of sp³-hybridized carbons (Fsp3) is 0.714. The van der Waals surface area contributed by atoms with E-state index in [-0.39, 0.29) is 0 Å². The molecule has 0 heteroatoms. The quantitative estimate of drug-likeness (QED) is 0.476. The van der Waals surface area contributed by atoms with Crippen molar-refractivity contribution in [1.29, 1.82) is 0 Å². The molecule has 0 fully saturated rings. The minimum atomic E-state index is 1.15. The molecule has 0 spiro atoms. The molecular formula is C7H14. The molecule has 0 saturated carbocycles. The van der Waals surface area contributed by atoms with E-state index in [1.165, 1.54) is 18.4 Å². The first kappa shape index (κ1) is 6.74. The Morgan fingerprint density at radius 2 is 2.00 bits per heavy atom. The summed E-state index contributed by atoms with van der Waals surface area (Å²) in [5, 5.41) is 0. The number of hydrogen-bond donors (Lipinski definition) is 0. The van der Waals surface area contributed by atoms with Gasteiger partial charge in [-0.15, -0.1) is 0 Å². The van der Waals surface area contributed by atoms with E-state index < -0.39 is 0 Å². The predicted octanol–water partition coefficient (Wildman–Crippen LogP) is 2.75. The Kier molecular flexibility index (Phi) is 3.77. The lowest BCUT2D eigenvalue weighted by molar-refractivity contribution is 0.863. The highest BCUT2D eigenvalue weighted by Crippen LogP contribution is 2.03. The largest absolute Gasteiger partial charge is 0.0999 e. The van der Waals surface area contributed by atoms with Crippen LogP contribution in [0.5, 0.6) is 0 Å². The highest BCUT2D eigenvalue weighted by atomic mass is 13.9. The monoisotopic (exact) mass is 98.1 g/mol. The van der Waals surface area contributed by atoms with Gasteiger partial charge in [-0.3, -0.25) is 0 Å². The van der Waals surface area contributed by atoms with Crippen LogP contribution in [0, 0.1) is 0 Å². The van der Waals surface area contributed by atoms with Gasteiger partial charge in [0.2, 0.25) is 0 Å². The second-order valence-corrected chi connectivity index (χ2v) is 1.85. The average Bonchev–Trinajstić information content (AvgIpc) is 1.68. The maximum absolute atomic E-state index is 3.86. The Morgan fingerprint density at radius 1 is 1.43 bits per heavy atom. The normalized spacial score (nSPS) is 8.86. The van der Waals surface area contributed by atoms with Crippen LogP contribution in [0.2, 0.25) is 0 Å². The van der Waals surface area contributed by atoms with Crippen LogP contribution in [0.1, 0.15) is 33.1 Å². The highest BCUT2D eigenvalue weighted by Gasteiger charge is 1.83. The van der Waals surface area contributed by atoms with E-state index in [0.29, 0.717) is 0 Å². The van der Waals surface area contributed by atoms with Gasteiger partial charge in [-0.05, 0) is 12.8 Å². The van der Waals surface area contributed by atoms with Gasteiger partial charge in [0.25, 0.3) is 0 Å². The van der Waals surface area contributed by atoms with E-state index in [4.69, 9.17) is 0 Å². The van der Waals surface area contributed by atoms with Gasteiger partial charge < -0.3 is 0 Å². The van der Waals surface area contributed by atoms with Crippen molar-refractivity contribution in [2.45, 2.75) is 33.1 Å². The highest BCUT2D eigenvalue weighted by molar-refractivity contribution is 4.91. The first-order valence-electron chi connectivity index (χ1n) is 2.97. The summed E-state index contributed by atoms with van der Waals surface area (Å²) in [4.78, 5) is 0. The van der Waals surface area contributed by atoms with Crippen LogP contribution in [0.3, 0.4) is 0 Å². The molecule has 0 unspecified atom stereocenters. The summed E-state index contributed by atoms with van der Waals surface area (Å²) in [5.74, 6) is 0. The Balaban J connectivity index is 3.00. The maximum atomic E-state index is 3.86. The van der Waals surface area contributed by atoms with Gasteiger partial charge in [0.1, 0.15) is 0 Å². The van der Waals surface area contributed by atoms with E-state index in [2.05, 4.69) is 20.4 Å². The smallest absolute Gasteiger partial charge is 0.0326 e. The molecule has 42 valence electrons.